The molecule has 1 N–H and O–H groups in total. The van der Waals surface area contributed by atoms with E-state index in [1.165, 1.54) is 31.2 Å². The smallest absolute Gasteiger partial charge is 0.269 e. The van der Waals surface area contributed by atoms with E-state index < -0.39 is 4.92 Å². The average Bonchev–Trinajstić information content (AvgIpc) is 2.61. The van der Waals surface area contributed by atoms with Crippen LogP contribution in [-0.2, 0) is 11.2 Å². The van der Waals surface area contributed by atoms with E-state index in [1.54, 1.807) is 17.0 Å². The zero-order valence-electron chi connectivity index (χ0n) is 13.7. The molecule has 2 aromatic carbocycles. The van der Waals surface area contributed by atoms with Crippen molar-refractivity contribution in [2.75, 3.05) is 16.8 Å². The summed E-state index contributed by atoms with van der Waals surface area (Å²) < 4.78 is 0. The van der Waals surface area contributed by atoms with Crippen LogP contribution in [0.3, 0.4) is 0 Å². The normalized spacial score (nSPS) is 13.1. The molecule has 1 heterocycles. The lowest BCUT2D eigenvalue weighted by atomic mass is 10.0. The fourth-order valence-electron chi connectivity index (χ4n) is 2.92. The Kier molecular flexibility index (Phi) is 4.47. The second-order valence-corrected chi connectivity index (χ2v) is 5.88. The van der Waals surface area contributed by atoms with E-state index in [9.17, 15) is 19.7 Å². The minimum atomic E-state index is -0.512. The van der Waals surface area contributed by atoms with E-state index in [0.717, 1.165) is 24.1 Å². The van der Waals surface area contributed by atoms with Crippen molar-refractivity contribution in [1.82, 2.24) is 0 Å². The summed E-state index contributed by atoms with van der Waals surface area (Å²) in [6, 6.07) is 10.9. The van der Waals surface area contributed by atoms with Crippen LogP contribution in [0.5, 0.6) is 0 Å². The Balaban J connectivity index is 1.81. The highest BCUT2D eigenvalue weighted by molar-refractivity contribution is 6.05. The Bertz CT molecular complexity index is 846. The molecule has 0 bridgehead atoms. The third-order valence-corrected chi connectivity index (χ3v) is 4.18. The number of carbonyl (C=O) groups is 2. The zero-order valence-corrected chi connectivity index (χ0v) is 13.7. The van der Waals surface area contributed by atoms with Crippen LogP contribution in [-0.4, -0.2) is 23.3 Å². The molecule has 2 aromatic rings. The third-order valence-electron chi connectivity index (χ3n) is 4.18. The van der Waals surface area contributed by atoms with Gasteiger partial charge in [0.15, 0.2) is 0 Å². The summed E-state index contributed by atoms with van der Waals surface area (Å²) in [4.78, 5) is 36.0. The number of nitrogens with one attached hydrogen (secondary N) is 1. The highest BCUT2D eigenvalue weighted by Crippen LogP contribution is 2.30. The number of nitro groups is 1. The number of carbonyl (C=O) groups excluding carboxylic acids is 2. The van der Waals surface area contributed by atoms with Gasteiger partial charge in [-0.15, -0.1) is 0 Å². The fraction of sp³-hybridized carbons (Fsp3) is 0.222. The van der Waals surface area contributed by atoms with Gasteiger partial charge in [-0.1, -0.05) is 6.07 Å². The number of hydrogen-bond acceptors (Lipinski definition) is 4. The molecule has 1 aliphatic rings. The van der Waals surface area contributed by atoms with Gasteiger partial charge in [-0.05, 0) is 42.7 Å². The first-order valence-electron chi connectivity index (χ1n) is 7.92. The highest BCUT2D eigenvalue weighted by Gasteiger charge is 2.20. The molecule has 2 amide bonds. The minimum Gasteiger partial charge on any atom is -0.322 e. The second kappa shape index (κ2) is 6.72. The topological polar surface area (TPSA) is 92.6 Å². The molecule has 0 aliphatic carbocycles. The average molecular weight is 339 g/mol. The van der Waals surface area contributed by atoms with Gasteiger partial charge < -0.3 is 10.2 Å². The van der Waals surface area contributed by atoms with E-state index in [1.807, 2.05) is 6.07 Å². The molecule has 7 heteroatoms. The quantitative estimate of drug-likeness (QED) is 0.687. The molecule has 0 fully saturated rings. The number of aryl methyl sites for hydroxylation is 1. The van der Waals surface area contributed by atoms with Crippen LogP contribution in [0.15, 0.2) is 42.5 Å². The summed E-state index contributed by atoms with van der Waals surface area (Å²) in [5.74, 6) is -0.389. The lowest BCUT2D eigenvalue weighted by Crippen LogP contribution is -2.33. The Morgan fingerprint density at radius 3 is 2.52 bits per heavy atom. The lowest BCUT2D eigenvalue weighted by Gasteiger charge is -2.29. The summed E-state index contributed by atoms with van der Waals surface area (Å²) in [6.07, 6.45) is 1.82. The van der Waals surface area contributed by atoms with Gasteiger partial charge in [-0.25, -0.2) is 0 Å². The molecular weight excluding hydrogens is 322 g/mol. The van der Waals surface area contributed by atoms with Crippen molar-refractivity contribution in [2.45, 2.75) is 19.8 Å². The Hall–Kier alpha value is -3.22. The number of benzene rings is 2. The number of nitrogens with zero attached hydrogens (tertiary/aromatic N) is 2. The van der Waals surface area contributed by atoms with Gasteiger partial charge in [0, 0.05) is 42.5 Å². The maximum Gasteiger partial charge on any atom is 0.269 e. The van der Waals surface area contributed by atoms with Crippen molar-refractivity contribution in [3.05, 3.63) is 63.7 Å². The summed E-state index contributed by atoms with van der Waals surface area (Å²) >= 11 is 0. The standard InChI is InChI=1S/C18H17N3O4/c1-12(22)20-10-2-3-13-4-7-15(11-17(13)20)19-18(23)14-5-8-16(9-6-14)21(24)25/h4-9,11H,2-3,10H2,1H3,(H,19,23). The molecule has 0 radical (unpaired) electrons. The Labute approximate surface area is 144 Å². The van der Waals surface area contributed by atoms with Gasteiger partial charge in [0.25, 0.3) is 11.6 Å². The maximum absolute atomic E-state index is 12.3. The van der Waals surface area contributed by atoms with Crippen molar-refractivity contribution >= 4 is 28.9 Å². The van der Waals surface area contributed by atoms with Gasteiger partial charge in [-0.2, -0.15) is 0 Å². The molecule has 3 rings (SSSR count). The van der Waals surface area contributed by atoms with Crippen LogP contribution < -0.4 is 10.2 Å². The van der Waals surface area contributed by atoms with Gasteiger partial charge in [-0.3, -0.25) is 19.7 Å². The van der Waals surface area contributed by atoms with E-state index in [-0.39, 0.29) is 17.5 Å². The number of fused-ring (bicyclic) bond motifs is 1. The summed E-state index contributed by atoms with van der Waals surface area (Å²) in [6.45, 7) is 2.19. The molecule has 0 spiro atoms. The van der Waals surface area contributed by atoms with Crippen LogP contribution >= 0.6 is 0 Å². The molecule has 0 saturated heterocycles. The molecule has 0 unspecified atom stereocenters. The molecule has 128 valence electrons. The second-order valence-electron chi connectivity index (χ2n) is 5.88. The highest BCUT2D eigenvalue weighted by atomic mass is 16.6. The molecule has 7 nitrogen and oxygen atoms in total. The first-order chi connectivity index (χ1) is 12.0. The van der Waals surface area contributed by atoms with Crippen molar-refractivity contribution < 1.29 is 14.5 Å². The third kappa shape index (κ3) is 3.50. The molecule has 25 heavy (non-hydrogen) atoms. The van der Waals surface area contributed by atoms with Gasteiger partial charge in [0.2, 0.25) is 5.91 Å². The first kappa shape index (κ1) is 16.6. The van der Waals surface area contributed by atoms with E-state index in [4.69, 9.17) is 0 Å². The summed E-state index contributed by atoms with van der Waals surface area (Å²) in [5.41, 5.74) is 2.74. The van der Waals surface area contributed by atoms with E-state index in [2.05, 4.69) is 5.32 Å². The Morgan fingerprint density at radius 2 is 1.88 bits per heavy atom. The van der Waals surface area contributed by atoms with Crippen LogP contribution in [0, 0.1) is 10.1 Å². The van der Waals surface area contributed by atoms with Crippen LogP contribution in [0.25, 0.3) is 0 Å². The van der Waals surface area contributed by atoms with Crippen molar-refractivity contribution in [1.29, 1.82) is 0 Å². The van der Waals surface area contributed by atoms with Gasteiger partial charge >= 0.3 is 0 Å². The lowest BCUT2D eigenvalue weighted by molar-refractivity contribution is -0.384. The zero-order chi connectivity index (χ0) is 18.0. The van der Waals surface area contributed by atoms with Crippen molar-refractivity contribution in [2.24, 2.45) is 0 Å². The van der Waals surface area contributed by atoms with E-state index >= 15 is 0 Å². The van der Waals surface area contributed by atoms with Crippen LogP contribution in [0.4, 0.5) is 17.1 Å². The van der Waals surface area contributed by atoms with Crippen LogP contribution in [0.2, 0.25) is 0 Å². The maximum atomic E-state index is 12.3. The number of amides is 2. The molecule has 0 aromatic heterocycles. The summed E-state index contributed by atoms with van der Waals surface area (Å²) in [5, 5.41) is 13.4. The van der Waals surface area contributed by atoms with Crippen molar-refractivity contribution in [3.63, 3.8) is 0 Å². The van der Waals surface area contributed by atoms with Crippen LogP contribution in [0.1, 0.15) is 29.3 Å². The SMILES string of the molecule is CC(=O)N1CCCc2ccc(NC(=O)c3ccc([N+](=O)[O-])cc3)cc21. The number of nitro benzene ring substituents is 1. The molecule has 1 aliphatic heterocycles. The summed E-state index contributed by atoms with van der Waals surface area (Å²) in [7, 11) is 0. The number of hydrogen-bond donors (Lipinski definition) is 1. The fourth-order valence-corrected chi connectivity index (χ4v) is 2.92. The van der Waals surface area contributed by atoms with Crippen molar-refractivity contribution in [3.8, 4) is 0 Å². The molecular formula is C18H17N3O4. The van der Waals surface area contributed by atoms with Gasteiger partial charge in [0.05, 0.1) is 4.92 Å². The molecule has 0 atom stereocenters. The van der Waals surface area contributed by atoms with E-state index in [0.29, 0.717) is 17.8 Å². The number of anilines is 2. The number of rotatable bonds is 3. The monoisotopic (exact) mass is 339 g/mol. The largest absolute Gasteiger partial charge is 0.322 e. The first-order valence-corrected chi connectivity index (χ1v) is 7.92. The minimum absolute atomic E-state index is 0.0280. The number of non-ortho nitro benzene ring substituents is 1. The Morgan fingerprint density at radius 1 is 1.16 bits per heavy atom. The van der Waals surface area contributed by atoms with Gasteiger partial charge in [0.1, 0.15) is 0 Å². The predicted molar refractivity (Wildman–Crippen MR) is 93.8 cm³/mol. The predicted octanol–water partition coefficient (Wildman–Crippen LogP) is 3.15. The molecule has 0 saturated carbocycles.